The predicted molar refractivity (Wildman–Crippen MR) is 62.9 cm³/mol. The Morgan fingerprint density at radius 3 is 3.07 bits per heavy atom. The van der Waals surface area contributed by atoms with Crippen molar-refractivity contribution in [1.82, 2.24) is 15.5 Å². The van der Waals surface area contributed by atoms with E-state index in [0.717, 1.165) is 11.5 Å². The molecule has 0 radical (unpaired) electrons. The summed E-state index contributed by atoms with van der Waals surface area (Å²) in [7, 11) is 0. The number of aromatic nitrogens is 2. The van der Waals surface area contributed by atoms with Gasteiger partial charge in [0.2, 0.25) is 0 Å². The Hall–Kier alpha value is -1.17. The van der Waals surface area contributed by atoms with Crippen molar-refractivity contribution in [3.05, 3.63) is 11.9 Å². The van der Waals surface area contributed by atoms with Gasteiger partial charge in [0.25, 0.3) is 5.91 Å². The van der Waals surface area contributed by atoms with Gasteiger partial charge in [-0.3, -0.25) is 9.89 Å². The van der Waals surface area contributed by atoms with E-state index in [0.29, 0.717) is 11.4 Å². The van der Waals surface area contributed by atoms with Crippen LogP contribution in [0.1, 0.15) is 24.3 Å². The molecule has 15 heavy (non-hydrogen) atoms. The van der Waals surface area contributed by atoms with Crippen LogP contribution in [0.15, 0.2) is 6.20 Å². The first-order valence-corrected chi connectivity index (χ1v) is 5.98. The van der Waals surface area contributed by atoms with E-state index in [9.17, 15) is 4.79 Å². The van der Waals surface area contributed by atoms with E-state index in [-0.39, 0.29) is 11.9 Å². The number of aromatic amines is 1. The fourth-order valence-corrected chi connectivity index (χ4v) is 1.78. The lowest BCUT2D eigenvalue weighted by molar-refractivity contribution is 0.0939. The fourth-order valence-electron chi connectivity index (χ4n) is 1.11. The molecule has 0 spiro atoms. The molecule has 5 nitrogen and oxygen atoms in total. The number of amides is 1. The zero-order valence-electron chi connectivity index (χ0n) is 8.91. The molecule has 0 aliphatic rings. The number of thioether (sulfide) groups is 1. The van der Waals surface area contributed by atoms with Crippen LogP contribution in [-0.4, -0.2) is 33.7 Å². The van der Waals surface area contributed by atoms with Gasteiger partial charge in [-0.2, -0.15) is 16.9 Å². The summed E-state index contributed by atoms with van der Waals surface area (Å²) in [5.74, 6) is 1.75. The minimum absolute atomic E-state index is 0.130. The Morgan fingerprint density at radius 1 is 1.80 bits per heavy atom. The average molecular weight is 228 g/mol. The van der Waals surface area contributed by atoms with Gasteiger partial charge in [0, 0.05) is 11.8 Å². The van der Waals surface area contributed by atoms with Crippen LogP contribution < -0.4 is 11.1 Å². The molecule has 0 aliphatic heterocycles. The van der Waals surface area contributed by atoms with Crippen molar-refractivity contribution in [2.45, 2.75) is 19.9 Å². The summed E-state index contributed by atoms with van der Waals surface area (Å²) in [6.07, 6.45) is 1.43. The van der Waals surface area contributed by atoms with E-state index in [1.54, 1.807) is 11.8 Å². The van der Waals surface area contributed by atoms with Crippen molar-refractivity contribution < 1.29 is 4.79 Å². The molecule has 0 aromatic carbocycles. The van der Waals surface area contributed by atoms with Crippen LogP contribution in [0.5, 0.6) is 0 Å². The summed E-state index contributed by atoms with van der Waals surface area (Å²) in [5.41, 5.74) is 6.27. The van der Waals surface area contributed by atoms with Gasteiger partial charge in [0.1, 0.15) is 5.69 Å². The van der Waals surface area contributed by atoms with E-state index in [2.05, 4.69) is 22.4 Å². The standard InChI is InChI=1S/C9H16N4OS/c1-3-15-5-6(2)12-9(14)8-7(10)4-11-13-8/h4,6H,3,5,10H2,1-2H3,(H,11,13)(H,12,14). The van der Waals surface area contributed by atoms with Gasteiger partial charge in [0.15, 0.2) is 0 Å². The molecular weight excluding hydrogens is 212 g/mol. The summed E-state index contributed by atoms with van der Waals surface area (Å²) < 4.78 is 0. The van der Waals surface area contributed by atoms with Gasteiger partial charge < -0.3 is 11.1 Å². The number of nitrogens with one attached hydrogen (secondary N) is 2. The van der Waals surface area contributed by atoms with E-state index in [1.807, 2.05) is 6.92 Å². The van der Waals surface area contributed by atoms with Crippen LogP contribution in [0.3, 0.4) is 0 Å². The van der Waals surface area contributed by atoms with Gasteiger partial charge in [-0.05, 0) is 12.7 Å². The van der Waals surface area contributed by atoms with Crippen molar-refractivity contribution in [1.29, 1.82) is 0 Å². The molecule has 1 aromatic heterocycles. The Kier molecular flexibility index (Phi) is 4.48. The zero-order valence-corrected chi connectivity index (χ0v) is 9.73. The Bertz CT molecular complexity index is 326. The maximum atomic E-state index is 11.6. The SMILES string of the molecule is CCSCC(C)NC(=O)c1[nH]ncc1N. The second kappa shape index (κ2) is 5.65. The Balaban J connectivity index is 2.46. The maximum Gasteiger partial charge on any atom is 0.271 e. The Labute approximate surface area is 93.2 Å². The van der Waals surface area contributed by atoms with Crippen molar-refractivity contribution >= 4 is 23.4 Å². The predicted octanol–water partition coefficient (Wildman–Crippen LogP) is 0.863. The normalized spacial score (nSPS) is 12.4. The first-order valence-electron chi connectivity index (χ1n) is 4.82. The smallest absolute Gasteiger partial charge is 0.271 e. The van der Waals surface area contributed by atoms with Crippen LogP contribution in [0.4, 0.5) is 5.69 Å². The highest BCUT2D eigenvalue weighted by Gasteiger charge is 2.13. The second-order valence-electron chi connectivity index (χ2n) is 3.23. The van der Waals surface area contributed by atoms with Gasteiger partial charge in [0.05, 0.1) is 11.9 Å². The van der Waals surface area contributed by atoms with E-state index < -0.39 is 0 Å². The molecule has 6 heteroatoms. The molecule has 4 N–H and O–H groups in total. The van der Waals surface area contributed by atoms with Crippen LogP contribution in [0.2, 0.25) is 0 Å². The molecule has 1 atom stereocenters. The van der Waals surface area contributed by atoms with Gasteiger partial charge in [-0.15, -0.1) is 0 Å². The minimum atomic E-state index is -0.200. The highest BCUT2D eigenvalue weighted by molar-refractivity contribution is 7.99. The third kappa shape index (κ3) is 3.47. The van der Waals surface area contributed by atoms with Gasteiger partial charge in [-0.1, -0.05) is 6.92 Å². The van der Waals surface area contributed by atoms with Crippen LogP contribution in [-0.2, 0) is 0 Å². The molecule has 0 fully saturated rings. The molecule has 1 aromatic rings. The topological polar surface area (TPSA) is 83.8 Å². The third-order valence-electron chi connectivity index (χ3n) is 1.85. The number of nitrogens with two attached hydrogens (primary N) is 1. The summed E-state index contributed by atoms with van der Waals surface area (Å²) in [5, 5.41) is 9.12. The van der Waals surface area contributed by atoms with E-state index in [1.165, 1.54) is 6.20 Å². The van der Waals surface area contributed by atoms with Crippen LogP contribution in [0.25, 0.3) is 0 Å². The minimum Gasteiger partial charge on any atom is -0.396 e. The van der Waals surface area contributed by atoms with Crippen LogP contribution in [0, 0.1) is 0 Å². The molecule has 1 heterocycles. The lowest BCUT2D eigenvalue weighted by Gasteiger charge is -2.12. The molecule has 84 valence electrons. The summed E-state index contributed by atoms with van der Waals surface area (Å²) in [6.45, 7) is 4.05. The second-order valence-corrected chi connectivity index (χ2v) is 4.55. The lowest BCUT2D eigenvalue weighted by atomic mass is 10.3. The molecule has 0 bridgehead atoms. The van der Waals surface area contributed by atoms with Crippen LogP contribution >= 0.6 is 11.8 Å². The molecular formula is C9H16N4OS. The molecule has 1 amide bonds. The first kappa shape index (κ1) is 11.9. The number of anilines is 1. The zero-order chi connectivity index (χ0) is 11.3. The average Bonchev–Trinajstić information content (AvgIpc) is 2.61. The monoisotopic (exact) mass is 228 g/mol. The fraction of sp³-hybridized carbons (Fsp3) is 0.556. The summed E-state index contributed by atoms with van der Waals surface area (Å²) in [6, 6.07) is 0.130. The first-order chi connectivity index (χ1) is 7.15. The number of hydrogen-bond acceptors (Lipinski definition) is 4. The quantitative estimate of drug-likeness (QED) is 0.698. The van der Waals surface area contributed by atoms with Gasteiger partial charge >= 0.3 is 0 Å². The summed E-state index contributed by atoms with van der Waals surface area (Å²) >= 11 is 1.79. The third-order valence-corrected chi connectivity index (χ3v) is 2.99. The molecule has 0 saturated carbocycles. The number of nitrogens with zero attached hydrogens (tertiary/aromatic N) is 1. The van der Waals surface area contributed by atoms with Crippen molar-refractivity contribution in [2.24, 2.45) is 0 Å². The Morgan fingerprint density at radius 2 is 2.53 bits per heavy atom. The van der Waals surface area contributed by atoms with Crippen molar-refractivity contribution in [3.63, 3.8) is 0 Å². The summed E-state index contributed by atoms with van der Waals surface area (Å²) in [4.78, 5) is 11.6. The van der Waals surface area contributed by atoms with Crippen molar-refractivity contribution in [2.75, 3.05) is 17.2 Å². The number of carbonyl (C=O) groups excluding carboxylic acids is 1. The molecule has 1 unspecified atom stereocenters. The largest absolute Gasteiger partial charge is 0.396 e. The van der Waals surface area contributed by atoms with Gasteiger partial charge in [-0.25, -0.2) is 0 Å². The van der Waals surface area contributed by atoms with E-state index >= 15 is 0 Å². The number of nitrogen functional groups attached to an aromatic ring is 1. The number of H-pyrrole nitrogens is 1. The highest BCUT2D eigenvalue weighted by atomic mass is 32.2. The lowest BCUT2D eigenvalue weighted by Crippen LogP contribution is -2.34. The molecule has 0 aliphatic carbocycles. The van der Waals surface area contributed by atoms with E-state index in [4.69, 9.17) is 5.73 Å². The number of carbonyl (C=O) groups is 1. The number of rotatable bonds is 5. The molecule has 1 rings (SSSR count). The maximum absolute atomic E-state index is 11.6. The highest BCUT2D eigenvalue weighted by Crippen LogP contribution is 2.07. The molecule has 0 saturated heterocycles. The number of hydrogen-bond donors (Lipinski definition) is 3. The van der Waals surface area contributed by atoms with Crippen molar-refractivity contribution in [3.8, 4) is 0 Å².